The van der Waals surface area contributed by atoms with Crippen LogP contribution in [-0.2, 0) is 0 Å². The number of anilines is 2. The van der Waals surface area contributed by atoms with Gasteiger partial charge in [0.15, 0.2) is 17.4 Å². The highest BCUT2D eigenvalue weighted by molar-refractivity contribution is 5.95. The molecule has 0 aliphatic carbocycles. The normalized spacial score (nSPS) is 10.3. The van der Waals surface area contributed by atoms with E-state index in [-0.39, 0.29) is 5.69 Å². The zero-order valence-corrected chi connectivity index (χ0v) is 12.1. The number of hydrogen-bond donors (Lipinski definition) is 1. The van der Waals surface area contributed by atoms with Crippen molar-refractivity contribution in [3.05, 3.63) is 47.3 Å². The van der Waals surface area contributed by atoms with Crippen molar-refractivity contribution in [2.45, 2.75) is 0 Å². The SMILES string of the molecule is COc1cccc(Nc2c(F)c(OC)c(F)c(F)c2C(=O)[O-])c1. The fourth-order valence-electron chi connectivity index (χ4n) is 1.97. The van der Waals surface area contributed by atoms with E-state index in [1.54, 1.807) is 6.07 Å². The van der Waals surface area contributed by atoms with Crippen molar-refractivity contribution in [2.75, 3.05) is 19.5 Å². The van der Waals surface area contributed by atoms with Gasteiger partial charge in [-0.1, -0.05) is 6.07 Å². The number of carboxylic acids is 1. The second-order valence-corrected chi connectivity index (χ2v) is 4.37. The van der Waals surface area contributed by atoms with Crippen molar-refractivity contribution in [1.82, 2.24) is 0 Å². The Morgan fingerprint density at radius 3 is 2.35 bits per heavy atom. The van der Waals surface area contributed by atoms with Gasteiger partial charge in [-0.25, -0.2) is 8.78 Å². The Labute approximate surface area is 129 Å². The van der Waals surface area contributed by atoms with Crippen LogP contribution in [0.25, 0.3) is 0 Å². The van der Waals surface area contributed by atoms with Gasteiger partial charge in [0.05, 0.1) is 31.4 Å². The first-order chi connectivity index (χ1) is 10.9. The highest BCUT2D eigenvalue weighted by atomic mass is 19.2. The van der Waals surface area contributed by atoms with E-state index in [0.717, 1.165) is 7.11 Å². The Kier molecular flexibility index (Phi) is 4.63. The smallest absolute Gasteiger partial charge is 0.204 e. The molecule has 0 aromatic heterocycles. The van der Waals surface area contributed by atoms with E-state index in [2.05, 4.69) is 10.1 Å². The molecule has 0 amide bonds. The first-order valence-electron chi connectivity index (χ1n) is 6.27. The van der Waals surface area contributed by atoms with Gasteiger partial charge < -0.3 is 24.7 Å². The lowest BCUT2D eigenvalue weighted by Gasteiger charge is -2.18. The van der Waals surface area contributed by atoms with Crippen LogP contribution in [0, 0.1) is 17.5 Å². The van der Waals surface area contributed by atoms with E-state index in [4.69, 9.17) is 4.74 Å². The molecule has 0 heterocycles. The first-order valence-corrected chi connectivity index (χ1v) is 6.27. The van der Waals surface area contributed by atoms with Crippen LogP contribution in [0.5, 0.6) is 11.5 Å². The molecule has 0 saturated heterocycles. The number of carbonyl (C=O) groups excluding carboxylic acids is 1. The lowest BCUT2D eigenvalue weighted by atomic mass is 10.1. The second-order valence-electron chi connectivity index (χ2n) is 4.37. The Morgan fingerprint density at radius 1 is 1.09 bits per heavy atom. The maximum absolute atomic E-state index is 14.3. The summed E-state index contributed by atoms with van der Waals surface area (Å²) in [6.07, 6.45) is 0. The summed E-state index contributed by atoms with van der Waals surface area (Å²) >= 11 is 0. The summed E-state index contributed by atoms with van der Waals surface area (Å²) in [7, 11) is 2.32. The maximum Gasteiger partial charge on any atom is 0.204 e. The molecule has 0 atom stereocenters. The minimum Gasteiger partial charge on any atom is -0.545 e. The highest BCUT2D eigenvalue weighted by Gasteiger charge is 2.26. The number of methoxy groups -OCH3 is 2. The van der Waals surface area contributed by atoms with Gasteiger partial charge in [-0.2, -0.15) is 4.39 Å². The van der Waals surface area contributed by atoms with Crippen molar-refractivity contribution in [2.24, 2.45) is 0 Å². The highest BCUT2D eigenvalue weighted by Crippen LogP contribution is 2.36. The van der Waals surface area contributed by atoms with Gasteiger partial charge in [-0.15, -0.1) is 0 Å². The topological polar surface area (TPSA) is 70.6 Å². The molecule has 0 bridgehead atoms. The number of ether oxygens (including phenoxy) is 2. The largest absolute Gasteiger partial charge is 0.545 e. The Balaban J connectivity index is 2.64. The molecule has 0 unspecified atom stereocenters. The summed E-state index contributed by atoms with van der Waals surface area (Å²) < 4.78 is 51.2. The lowest BCUT2D eigenvalue weighted by Crippen LogP contribution is -2.26. The second kappa shape index (κ2) is 6.47. The van der Waals surface area contributed by atoms with Crippen LogP contribution in [0.4, 0.5) is 24.5 Å². The van der Waals surface area contributed by atoms with E-state index in [1.165, 1.54) is 25.3 Å². The number of benzene rings is 2. The van der Waals surface area contributed by atoms with Gasteiger partial charge in [-0.3, -0.25) is 0 Å². The van der Waals surface area contributed by atoms with E-state index < -0.39 is 40.4 Å². The number of carboxylic acid groups (broad SMARTS) is 1. The van der Waals surface area contributed by atoms with Gasteiger partial charge in [0.1, 0.15) is 5.75 Å². The van der Waals surface area contributed by atoms with Gasteiger partial charge in [0.25, 0.3) is 0 Å². The standard InChI is InChI=1S/C15H12F3NO4/c1-22-8-5-3-4-7(6-8)19-13-9(15(20)21)10(16)11(17)14(23-2)12(13)18/h3-6,19H,1-2H3,(H,20,21)/p-1. The molecule has 0 fully saturated rings. The third-order valence-electron chi connectivity index (χ3n) is 3.03. The molecular weight excluding hydrogens is 315 g/mol. The Bertz CT molecular complexity index is 765. The van der Waals surface area contributed by atoms with E-state index in [0.29, 0.717) is 5.75 Å². The van der Waals surface area contributed by atoms with Crippen LogP contribution < -0.4 is 19.9 Å². The quantitative estimate of drug-likeness (QED) is 0.853. The maximum atomic E-state index is 14.3. The van der Waals surface area contributed by atoms with Crippen molar-refractivity contribution < 1.29 is 32.5 Å². The monoisotopic (exact) mass is 326 g/mol. The summed E-state index contributed by atoms with van der Waals surface area (Å²) in [5.41, 5.74) is -1.89. The molecule has 0 radical (unpaired) electrons. The van der Waals surface area contributed by atoms with Crippen molar-refractivity contribution in [1.29, 1.82) is 0 Å². The van der Waals surface area contributed by atoms with Crippen molar-refractivity contribution >= 4 is 17.3 Å². The average molecular weight is 326 g/mol. The van der Waals surface area contributed by atoms with Gasteiger partial charge in [-0.05, 0) is 12.1 Å². The third-order valence-corrected chi connectivity index (χ3v) is 3.03. The van der Waals surface area contributed by atoms with Gasteiger partial charge in [0, 0.05) is 11.8 Å². The molecule has 1 N–H and O–H groups in total. The first kappa shape index (κ1) is 16.5. The number of carbonyl (C=O) groups is 1. The number of rotatable bonds is 5. The third kappa shape index (κ3) is 3.01. The number of nitrogens with one attached hydrogen (secondary N) is 1. The molecule has 5 nitrogen and oxygen atoms in total. The minimum absolute atomic E-state index is 0.193. The molecule has 0 spiro atoms. The summed E-state index contributed by atoms with van der Waals surface area (Å²) in [4.78, 5) is 11.1. The summed E-state index contributed by atoms with van der Waals surface area (Å²) in [5.74, 6) is -7.66. The molecule has 2 aromatic carbocycles. The Hall–Kier alpha value is -2.90. The van der Waals surface area contributed by atoms with Gasteiger partial charge in [0.2, 0.25) is 5.82 Å². The molecule has 0 aliphatic rings. The number of halogens is 3. The van der Waals surface area contributed by atoms with E-state index in [1.807, 2.05) is 0 Å². The number of hydrogen-bond acceptors (Lipinski definition) is 5. The van der Waals surface area contributed by atoms with Gasteiger partial charge >= 0.3 is 0 Å². The van der Waals surface area contributed by atoms with Crippen LogP contribution in [0.3, 0.4) is 0 Å². The average Bonchev–Trinajstić information content (AvgIpc) is 2.53. The molecule has 122 valence electrons. The molecule has 0 saturated carbocycles. The summed E-state index contributed by atoms with van der Waals surface area (Å²) in [6, 6.07) is 5.99. The molecule has 0 aliphatic heterocycles. The number of aromatic carboxylic acids is 1. The van der Waals surface area contributed by atoms with Crippen LogP contribution in [0.2, 0.25) is 0 Å². The van der Waals surface area contributed by atoms with Crippen LogP contribution >= 0.6 is 0 Å². The van der Waals surface area contributed by atoms with Crippen LogP contribution in [0.15, 0.2) is 24.3 Å². The molecule has 23 heavy (non-hydrogen) atoms. The van der Waals surface area contributed by atoms with E-state index >= 15 is 0 Å². The van der Waals surface area contributed by atoms with Crippen molar-refractivity contribution in [3.8, 4) is 11.5 Å². The molecule has 2 aromatic rings. The van der Waals surface area contributed by atoms with Crippen molar-refractivity contribution in [3.63, 3.8) is 0 Å². The fraction of sp³-hybridized carbons (Fsp3) is 0.133. The van der Waals surface area contributed by atoms with E-state index in [9.17, 15) is 23.1 Å². The molecule has 8 heteroatoms. The predicted molar refractivity (Wildman–Crippen MR) is 73.5 cm³/mol. The zero-order valence-electron chi connectivity index (χ0n) is 12.1. The zero-order chi connectivity index (χ0) is 17.1. The molecular formula is C15H11F3NO4-. The fourth-order valence-corrected chi connectivity index (χ4v) is 1.97. The summed E-state index contributed by atoms with van der Waals surface area (Å²) in [6.45, 7) is 0. The molecule has 2 rings (SSSR count). The predicted octanol–water partition coefficient (Wildman–Crippen LogP) is 2.23. The minimum atomic E-state index is -2.08. The van der Waals surface area contributed by atoms with Crippen LogP contribution in [-0.4, -0.2) is 20.2 Å². The lowest BCUT2D eigenvalue weighted by molar-refractivity contribution is -0.255. The summed E-state index contributed by atoms with van der Waals surface area (Å²) in [5, 5.41) is 13.4. The van der Waals surface area contributed by atoms with Crippen LogP contribution in [0.1, 0.15) is 10.4 Å². The Morgan fingerprint density at radius 2 is 1.78 bits per heavy atom.